The van der Waals surface area contributed by atoms with Crippen LogP contribution in [-0.4, -0.2) is 29.3 Å². The topological polar surface area (TPSA) is 38.8 Å². The summed E-state index contributed by atoms with van der Waals surface area (Å²) in [5, 5.41) is 0.991. The molecule has 2 aromatic carbocycles. The van der Waals surface area contributed by atoms with Crippen molar-refractivity contribution in [1.29, 1.82) is 0 Å². The van der Waals surface area contributed by atoms with Crippen LogP contribution in [0.15, 0.2) is 41.3 Å². The largest absolute Gasteiger partial charge is 0.493 e. The Morgan fingerprint density at radius 1 is 1.22 bits per heavy atom. The zero-order valence-electron chi connectivity index (χ0n) is 14.5. The fourth-order valence-electron chi connectivity index (χ4n) is 2.43. The molecule has 1 heterocycles. The third kappa shape index (κ3) is 4.41. The predicted octanol–water partition coefficient (Wildman–Crippen LogP) is 5.41. The van der Waals surface area contributed by atoms with Gasteiger partial charge in [0.2, 0.25) is 0 Å². The van der Waals surface area contributed by atoms with Gasteiger partial charge in [-0.3, -0.25) is 9.69 Å². The van der Waals surface area contributed by atoms with E-state index in [0.29, 0.717) is 30.8 Å². The van der Waals surface area contributed by atoms with Crippen molar-refractivity contribution in [2.45, 2.75) is 6.61 Å². The molecule has 2 aromatic rings. The molecule has 1 fully saturated rings. The number of hydrogen-bond donors (Lipinski definition) is 0. The molecule has 0 bridgehead atoms. The summed E-state index contributed by atoms with van der Waals surface area (Å²) < 4.78 is 11.8. The van der Waals surface area contributed by atoms with Gasteiger partial charge in [0.1, 0.15) is 10.9 Å². The molecule has 0 N–H and O–H groups in total. The molecule has 1 aliphatic rings. The summed E-state index contributed by atoms with van der Waals surface area (Å²) in [7, 11) is 3.18. The first-order chi connectivity index (χ1) is 12.9. The zero-order chi connectivity index (χ0) is 19.6. The molecule has 0 aromatic heterocycles. The van der Waals surface area contributed by atoms with Crippen LogP contribution in [0.5, 0.6) is 11.5 Å². The molecule has 0 atom stereocenters. The average molecular weight is 440 g/mol. The zero-order valence-corrected chi connectivity index (χ0v) is 17.6. The Bertz CT molecular complexity index is 947. The van der Waals surface area contributed by atoms with E-state index in [1.165, 1.54) is 23.8 Å². The Morgan fingerprint density at radius 2 is 1.96 bits per heavy atom. The van der Waals surface area contributed by atoms with Gasteiger partial charge in [0.15, 0.2) is 11.5 Å². The van der Waals surface area contributed by atoms with Gasteiger partial charge in [-0.2, -0.15) is 0 Å². The van der Waals surface area contributed by atoms with Crippen molar-refractivity contribution in [3.8, 4) is 11.5 Å². The Labute approximate surface area is 177 Å². The molecule has 3 rings (SSSR count). The van der Waals surface area contributed by atoms with Crippen molar-refractivity contribution in [1.82, 2.24) is 4.90 Å². The number of nitrogens with zero attached hydrogens (tertiary/aromatic N) is 1. The number of thiocarbonyl (C=S) groups is 1. The number of methoxy groups -OCH3 is 1. The summed E-state index contributed by atoms with van der Waals surface area (Å²) in [6, 6.07) is 10.9. The van der Waals surface area contributed by atoms with E-state index in [4.69, 9.17) is 44.9 Å². The van der Waals surface area contributed by atoms with Crippen LogP contribution in [0.25, 0.3) is 6.08 Å². The van der Waals surface area contributed by atoms with Gasteiger partial charge >= 0.3 is 0 Å². The summed E-state index contributed by atoms with van der Waals surface area (Å²) in [4.78, 5) is 14.1. The first kappa shape index (κ1) is 20.0. The van der Waals surface area contributed by atoms with Gasteiger partial charge < -0.3 is 9.47 Å². The van der Waals surface area contributed by atoms with Crippen LogP contribution in [0.3, 0.4) is 0 Å². The van der Waals surface area contributed by atoms with E-state index in [0.717, 1.165) is 11.1 Å². The Hall–Kier alpha value is -1.73. The summed E-state index contributed by atoms with van der Waals surface area (Å²) in [6.45, 7) is 0.254. The normalized spacial score (nSPS) is 15.6. The summed E-state index contributed by atoms with van der Waals surface area (Å²) in [6.07, 6.45) is 1.73. The van der Waals surface area contributed by atoms with E-state index in [1.54, 1.807) is 31.3 Å². The number of likely N-dealkylation sites (N-methyl/N-ethyl adjacent to an activating group) is 1. The highest BCUT2D eigenvalue weighted by Crippen LogP contribution is 2.39. The Balaban J connectivity index is 1.87. The fraction of sp³-hybridized carbons (Fsp3) is 0.158. The standard InChI is InChI=1S/C19H15Cl2NO3S2/c1-22-18(23)16(27-19(22)26)9-11-7-14(21)17(15(8-11)24-2)25-10-12-5-3-4-6-13(12)20/h3-9H,10H2,1-2H3/b16-9-. The lowest BCUT2D eigenvalue weighted by Crippen LogP contribution is -2.22. The van der Waals surface area contributed by atoms with E-state index in [9.17, 15) is 4.79 Å². The number of thioether (sulfide) groups is 1. The molecule has 140 valence electrons. The Kier molecular flexibility index (Phi) is 6.32. The maximum atomic E-state index is 12.2. The van der Waals surface area contributed by atoms with Gasteiger partial charge in [-0.1, -0.05) is 65.4 Å². The number of carbonyl (C=O) groups is 1. The van der Waals surface area contributed by atoms with Crippen molar-refractivity contribution in [2.24, 2.45) is 0 Å². The molecule has 1 amide bonds. The fourth-order valence-corrected chi connectivity index (χ4v) is 4.07. The second-order valence-electron chi connectivity index (χ2n) is 5.65. The predicted molar refractivity (Wildman–Crippen MR) is 115 cm³/mol. The number of ether oxygens (including phenoxy) is 2. The Morgan fingerprint density at radius 3 is 2.59 bits per heavy atom. The highest BCUT2D eigenvalue weighted by molar-refractivity contribution is 8.26. The van der Waals surface area contributed by atoms with E-state index in [1.807, 2.05) is 18.2 Å². The lowest BCUT2D eigenvalue weighted by Gasteiger charge is -2.14. The average Bonchev–Trinajstić information content (AvgIpc) is 2.88. The molecule has 0 saturated carbocycles. The van der Waals surface area contributed by atoms with Crippen molar-refractivity contribution < 1.29 is 14.3 Å². The van der Waals surface area contributed by atoms with Crippen molar-refractivity contribution in [3.05, 3.63) is 62.5 Å². The molecule has 4 nitrogen and oxygen atoms in total. The third-order valence-corrected chi connectivity index (χ3v) is 6.00. The van der Waals surface area contributed by atoms with Crippen LogP contribution in [0.2, 0.25) is 10.0 Å². The molecule has 1 saturated heterocycles. The van der Waals surface area contributed by atoms with Crippen LogP contribution >= 0.6 is 47.2 Å². The maximum absolute atomic E-state index is 12.2. The van der Waals surface area contributed by atoms with Crippen LogP contribution < -0.4 is 9.47 Å². The smallest absolute Gasteiger partial charge is 0.265 e. The minimum absolute atomic E-state index is 0.140. The van der Waals surface area contributed by atoms with Crippen LogP contribution in [0, 0.1) is 0 Å². The number of amides is 1. The molecule has 0 unspecified atom stereocenters. The van der Waals surface area contributed by atoms with E-state index in [-0.39, 0.29) is 12.5 Å². The number of carbonyl (C=O) groups excluding carboxylic acids is 1. The molecule has 8 heteroatoms. The lowest BCUT2D eigenvalue weighted by atomic mass is 10.1. The van der Waals surface area contributed by atoms with Crippen LogP contribution in [-0.2, 0) is 11.4 Å². The molecular formula is C19H15Cl2NO3S2. The van der Waals surface area contributed by atoms with E-state index < -0.39 is 0 Å². The lowest BCUT2D eigenvalue weighted by molar-refractivity contribution is -0.121. The van der Waals surface area contributed by atoms with Crippen LogP contribution in [0.4, 0.5) is 0 Å². The first-order valence-electron chi connectivity index (χ1n) is 7.86. The molecule has 0 radical (unpaired) electrons. The summed E-state index contributed by atoms with van der Waals surface area (Å²) in [5.74, 6) is 0.742. The molecule has 27 heavy (non-hydrogen) atoms. The number of rotatable bonds is 5. The first-order valence-corrected chi connectivity index (χ1v) is 9.84. The van der Waals surface area contributed by atoms with Crippen LogP contribution in [0.1, 0.15) is 11.1 Å². The number of benzene rings is 2. The highest BCUT2D eigenvalue weighted by Gasteiger charge is 2.28. The number of halogens is 2. The minimum Gasteiger partial charge on any atom is -0.493 e. The molecular weight excluding hydrogens is 425 g/mol. The van der Waals surface area contributed by atoms with Gasteiger partial charge in [0.05, 0.1) is 17.0 Å². The second kappa shape index (κ2) is 8.52. The quantitative estimate of drug-likeness (QED) is 0.459. The van der Waals surface area contributed by atoms with E-state index >= 15 is 0 Å². The van der Waals surface area contributed by atoms with Crippen molar-refractivity contribution in [3.63, 3.8) is 0 Å². The molecule has 0 aliphatic carbocycles. The monoisotopic (exact) mass is 439 g/mol. The van der Waals surface area contributed by atoms with Gasteiger partial charge in [0, 0.05) is 17.6 Å². The summed E-state index contributed by atoms with van der Waals surface area (Å²) >= 11 is 19.0. The molecule has 0 spiro atoms. The van der Waals surface area contributed by atoms with Gasteiger partial charge in [-0.25, -0.2) is 0 Å². The highest BCUT2D eigenvalue weighted by atomic mass is 35.5. The van der Waals surface area contributed by atoms with Gasteiger partial charge in [0.25, 0.3) is 5.91 Å². The van der Waals surface area contributed by atoms with Crippen molar-refractivity contribution >= 4 is 63.5 Å². The third-order valence-electron chi connectivity index (χ3n) is 3.87. The van der Waals surface area contributed by atoms with E-state index in [2.05, 4.69) is 0 Å². The van der Waals surface area contributed by atoms with Crippen molar-refractivity contribution in [2.75, 3.05) is 14.2 Å². The SMILES string of the molecule is COc1cc(/C=C2\SC(=S)N(C)C2=O)cc(Cl)c1OCc1ccccc1Cl. The second-order valence-corrected chi connectivity index (χ2v) is 8.15. The van der Waals surface area contributed by atoms with Gasteiger partial charge in [-0.05, 0) is 29.8 Å². The summed E-state index contributed by atoms with van der Waals surface area (Å²) in [5.41, 5.74) is 1.56. The van der Waals surface area contributed by atoms with Gasteiger partial charge in [-0.15, -0.1) is 0 Å². The molecule has 1 aliphatic heterocycles. The number of hydrogen-bond acceptors (Lipinski definition) is 5. The minimum atomic E-state index is -0.140. The maximum Gasteiger partial charge on any atom is 0.265 e.